The van der Waals surface area contributed by atoms with Crippen molar-refractivity contribution in [3.63, 3.8) is 0 Å². The van der Waals surface area contributed by atoms with E-state index in [1.54, 1.807) is 42.5 Å². The number of hydrogen-bond acceptors (Lipinski definition) is 5. The van der Waals surface area contributed by atoms with Crippen LogP contribution in [0.15, 0.2) is 77.7 Å². The van der Waals surface area contributed by atoms with Gasteiger partial charge in [0.25, 0.3) is 0 Å². The van der Waals surface area contributed by atoms with E-state index in [4.69, 9.17) is 8.92 Å². The summed E-state index contributed by atoms with van der Waals surface area (Å²) < 4.78 is 36.9. The quantitative estimate of drug-likeness (QED) is 0.564. The molecular formula is C22H20O6S. The second kappa shape index (κ2) is 8.36. The second-order valence-electron chi connectivity index (χ2n) is 6.50. The molecule has 1 atom stereocenters. The molecule has 0 heterocycles. The average molecular weight is 412 g/mol. The van der Waals surface area contributed by atoms with E-state index < -0.39 is 22.0 Å². The van der Waals surface area contributed by atoms with Crippen molar-refractivity contribution in [3.05, 3.63) is 83.9 Å². The molecule has 0 bridgehead atoms. The third-order valence-corrected chi connectivity index (χ3v) is 5.56. The monoisotopic (exact) mass is 412 g/mol. The lowest BCUT2D eigenvalue weighted by molar-refractivity contribution is -0.138. The molecule has 0 saturated carbocycles. The molecule has 0 spiro atoms. The van der Waals surface area contributed by atoms with E-state index in [0.717, 1.165) is 5.56 Å². The van der Waals surface area contributed by atoms with Crippen LogP contribution >= 0.6 is 0 Å². The average Bonchev–Trinajstić information content (AvgIpc) is 2.69. The van der Waals surface area contributed by atoms with Crippen molar-refractivity contribution in [2.75, 3.05) is 0 Å². The number of ether oxygens (including phenoxy) is 1. The molecule has 0 aliphatic rings. The predicted molar refractivity (Wildman–Crippen MR) is 108 cm³/mol. The van der Waals surface area contributed by atoms with Gasteiger partial charge in [0.1, 0.15) is 10.6 Å². The summed E-state index contributed by atoms with van der Waals surface area (Å²) in [6.45, 7) is 3.29. The maximum atomic E-state index is 12.8. The summed E-state index contributed by atoms with van der Waals surface area (Å²) in [5.41, 5.74) is 1.10. The predicted octanol–water partition coefficient (Wildman–Crippen LogP) is 4.74. The van der Waals surface area contributed by atoms with Crippen LogP contribution in [0.25, 0.3) is 0 Å². The SMILES string of the molecule is Cc1ccc(S(=O)(=O)Oc2c(Oc3ccccc3)cccc2C(C)C(=O)O)cc1. The normalized spacial score (nSPS) is 12.2. The minimum atomic E-state index is -4.20. The molecular weight excluding hydrogens is 392 g/mol. The Hall–Kier alpha value is -3.32. The first-order valence-corrected chi connectivity index (χ1v) is 10.3. The molecule has 7 heteroatoms. The van der Waals surface area contributed by atoms with Crippen LogP contribution in [0.5, 0.6) is 17.2 Å². The van der Waals surface area contributed by atoms with Crippen LogP contribution in [0.1, 0.15) is 24.0 Å². The molecule has 3 aromatic carbocycles. The number of para-hydroxylation sites is 2. The molecule has 0 saturated heterocycles. The first-order chi connectivity index (χ1) is 13.8. The summed E-state index contributed by atoms with van der Waals surface area (Å²) in [5.74, 6) is -1.69. The molecule has 0 radical (unpaired) electrons. The number of carboxylic acids is 1. The highest BCUT2D eigenvalue weighted by Crippen LogP contribution is 2.40. The molecule has 1 N–H and O–H groups in total. The van der Waals surface area contributed by atoms with Gasteiger partial charge in [0.15, 0.2) is 11.5 Å². The fraction of sp³-hybridized carbons (Fsp3) is 0.136. The largest absolute Gasteiger partial charge is 0.481 e. The Morgan fingerprint density at radius 1 is 0.931 bits per heavy atom. The van der Waals surface area contributed by atoms with Crippen LogP contribution in [0.4, 0.5) is 0 Å². The highest BCUT2D eigenvalue weighted by atomic mass is 32.2. The number of carboxylic acid groups (broad SMARTS) is 1. The number of aryl methyl sites for hydroxylation is 1. The van der Waals surface area contributed by atoms with Gasteiger partial charge in [-0.3, -0.25) is 4.79 Å². The second-order valence-corrected chi connectivity index (χ2v) is 8.05. The maximum Gasteiger partial charge on any atom is 0.339 e. The van der Waals surface area contributed by atoms with E-state index in [2.05, 4.69) is 0 Å². The number of benzene rings is 3. The van der Waals surface area contributed by atoms with Gasteiger partial charge in [-0.05, 0) is 44.2 Å². The van der Waals surface area contributed by atoms with Gasteiger partial charge < -0.3 is 14.0 Å². The zero-order valence-electron chi connectivity index (χ0n) is 15.9. The van der Waals surface area contributed by atoms with Crippen molar-refractivity contribution in [2.24, 2.45) is 0 Å². The van der Waals surface area contributed by atoms with Gasteiger partial charge in [0.2, 0.25) is 0 Å². The summed E-state index contributed by atoms with van der Waals surface area (Å²) in [6, 6.07) is 19.6. The van der Waals surface area contributed by atoms with Crippen LogP contribution in [-0.4, -0.2) is 19.5 Å². The molecule has 3 rings (SSSR count). The minimum Gasteiger partial charge on any atom is -0.481 e. The van der Waals surface area contributed by atoms with Crippen molar-refractivity contribution >= 4 is 16.1 Å². The van der Waals surface area contributed by atoms with Crippen LogP contribution in [0.2, 0.25) is 0 Å². The van der Waals surface area contributed by atoms with Gasteiger partial charge in [-0.2, -0.15) is 8.42 Å². The fourth-order valence-corrected chi connectivity index (χ4v) is 3.62. The number of carbonyl (C=O) groups is 1. The first kappa shape index (κ1) is 20.4. The molecule has 6 nitrogen and oxygen atoms in total. The Bertz CT molecular complexity index is 1110. The van der Waals surface area contributed by atoms with E-state index in [1.165, 1.54) is 31.2 Å². The molecule has 0 aromatic heterocycles. The van der Waals surface area contributed by atoms with E-state index in [1.807, 2.05) is 13.0 Å². The highest BCUT2D eigenvalue weighted by molar-refractivity contribution is 7.87. The topological polar surface area (TPSA) is 89.9 Å². The summed E-state index contributed by atoms with van der Waals surface area (Å²) in [5, 5.41) is 9.44. The fourth-order valence-electron chi connectivity index (χ4n) is 2.65. The minimum absolute atomic E-state index is 0.0356. The van der Waals surface area contributed by atoms with Crippen molar-refractivity contribution in [1.29, 1.82) is 0 Å². The molecule has 0 amide bonds. The number of hydrogen-bond donors (Lipinski definition) is 1. The zero-order valence-corrected chi connectivity index (χ0v) is 16.7. The lowest BCUT2D eigenvalue weighted by atomic mass is 10.00. The molecule has 150 valence electrons. The third kappa shape index (κ3) is 4.75. The Kier molecular flexibility index (Phi) is 5.89. The Morgan fingerprint density at radius 2 is 1.59 bits per heavy atom. The van der Waals surface area contributed by atoms with Crippen LogP contribution < -0.4 is 8.92 Å². The Labute approximate surface area is 169 Å². The van der Waals surface area contributed by atoms with Crippen LogP contribution in [-0.2, 0) is 14.9 Å². The molecule has 0 aliphatic carbocycles. The summed E-state index contributed by atoms with van der Waals surface area (Å²) >= 11 is 0. The molecule has 0 aliphatic heterocycles. The van der Waals surface area contributed by atoms with Crippen molar-refractivity contribution in [3.8, 4) is 17.2 Å². The molecule has 3 aromatic rings. The first-order valence-electron chi connectivity index (χ1n) is 8.87. The number of rotatable bonds is 7. The van der Waals surface area contributed by atoms with Crippen molar-refractivity contribution < 1.29 is 27.2 Å². The molecule has 1 unspecified atom stereocenters. The van der Waals surface area contributed by atoms with Gasteiger partial charge in [0.05, 0.1) is 5.92 Å². The van der Waals surface area contributed by atoms with Gasteiger partial charge in [-0.25, -0.2) is 0 Å². The third-order valence-electron chi connectivity index (χ3n) is 4.32. The van der Waals surface area contributed by atoms with Gasteiger partial charge >= 0.3 is 16.1 Å². The smallest absolute Gasteiger partial charge is 0.339 e. The Morgan fingerprint density at radius 3 is 2.21 bits per heavy atom. The van der Waals surface area contributed by atoms with E-state index in [9.17, 15) is 18.3 Å². The molecule has 29 heavy (non-hydrogen) atoms. The van der Waals surface area contributed by atoms with Crippen molar-refractivity contribution in [2.45, 2.75) is 24.7 Å². The lowest BCUT2D eigenvalue weighted by Crippen LogP contribution is -2.15. The standard InChI is InChI=1S/C22H20O6S/c1-15-11-13-18(14-12-15)29(25,26)28-21-19(16(2)22(23)24)9-6-10-20(21)27-17-7-4-3-5-8-17/h3-14,16H,1-2H3,(H,23,24). The van der Waals surface area contributed by atoms with Gasteiger partial charge in [-0.15, -0.1) is 0 Å². The van der Waals surface area contributed by atoms with Gasteiger partial charge in [-0.1, -0.05) is 48.0 Å². The van der Waals surface area contributed by atoms with Crippen LogP contribution in [0, 0.1) is 6.92 Å². The summed E-state index contributed by atoms with van der Waals surface area (Å²) in [6.07, 6.45) is 0. The van der Waals surface area contributed by atoms with E-state index in [0.29, 0.717) is 5.75 Å². The molecule has 0 fully saturated rings. The maximum absolute atomic E-state index is 12.8. The van der Waals surface area contributed by atoms with E-state index in [-0.39, 0.29) is 22.0 Å². The van der Waals surface area contributed by atoms with Gasteiger partial charge in [0, 0.05) is 5.56 Å². The number of aliphatic carboxylic acids is 1. The highest BCUT2D eigenvalue weighted by Gasteiger charge is 2.27. The zero-order chi connectivity index (χ0) is 21.0. The summed E-state index contributed by atoms with van der Waals surface area (Å²) in [7, 11) is -4.20. The van der Waals surface area contributed by atoms with Crippen LogP contribution in [0.3, 0.4) is 0 Å². The van der Waals surface area contributed by atoms with Crippen molar-refractivity contribution in [1.82, 2.24) is 0 Å². The lowest BCUT2D eigenvalue weighted by Gasteiger charge is -2.18. The Balaban J connectivity index is 2.08. The van der Waals surface area contributed by atoms with E-state index >= 15 is 0 Å². The summed E-state index contributed by atoms with van der Waals surface area (Å²) in [4.78, 5) is 11.5.